The van der Waals surface area contributed by atoms with Crippen molar-refractivity contribution in [2.24, 2.45) is 4.99 Å². The molecule has 0 unspecified atom stereocenters. The van der Waals surface area contributed by atoms with Crippen molar-refractivity contribution in [2.75, 3.05) is 0 Å². The van der Waals surface area contributed by atoms with Crippen molar-refractivity contribution in [1.82, 2.24) is 5.32 Å². The number of hydrogen-bond donors (Lipinski definition) is 2. The summed E-state index contributed by atoms with van der Waals surface area (Å²) in [7, 11) is 0. The number of nitrogens with zero attached hydrogens (tertiary/aromatic N) is 1. The number of amidine groups is 1. The van der Waals surface area contributed by atoms with Crippen LogP contribution in [0.1, 0.15) is 11.1 Å². The monoisotopic (exact) mass is 344 g/mol. The lowest BCUT2D eigenvalue weighted by Gasteiger charge is -1.99. The number of thioether (sulfide) groups is 1. The van der Waals surface area contributed by atoms with Crippen LogP contribution < -0.4 is 5.32 Å². The normalized spacial score (nSPS) is 17.7. The molecule has 1 heterocycles. The fraction of sp³-hybridized carbons (Fsp3) is 0.0588. The first-order valence-corrected chi connectivity index (χ1v) is 8.05. The number of halogens is 1. The zero-order valence-corrected chi connectivity index (χ0v) is 13.8. The van der Waals surface area contributed by atoms with Gasteiger partial charge >= 0.3 is 0 Å². The molecule has 1 fully saturated rings. The van der Waals surface area contributed by atoms with Gasteiger partial charge in [-0.05, 0) is 60.2 Å². The number of benzene rings is 2. The first-order valence-electron chi connectivity index (χ1n) is 6.86. The van der Waals surface area contributed by atoms with E-state index in [0.29, 0.717) is 10.1 Å². The van der Waals surface area contributed by atoms with Crippen molar-refractivity contribution in [1.29, 1.82) is 0 Å². The van der Waals surface area contributed by atoms with Crippen LogP contribution >= 0.6 is 23.4 Å². The highest BCUT2D eigenvalue weighted by atomic mass is 35.5. The van der Waals surface area contributed by atoms with Crippen LogP contribution in [0.25, 0.3) is 6.08 Å². The molecule has 2 aromatic rings. The summed E-state index contributed by atoms with van der Waals surface area (Å²) in [4.78, 5) is 17.0. The summed E-state index contributed by atoms with van der Waals surface area (Å²) in [5, 5.41) is 13.0. The Morgan fingerprint density at radius 3 is 2.83 bits per heavy atom. The highest BCUT2D eigenvalue weighted by Crippen LogP contribution is 2.30. The largest absolute Gasteiger partial charge is 0.506 e. The van der Waals surface area contributed by atoms with Crippen molar-refractivity contribution < 1.29 is 9.90 Å². The topological polar surface area (TPSA) is 61.7 Å². The number of phenols is 1. The summed E-state index contributed by atoms with van der Waals surface area (Å²) in [6.07, 6.45) is 1.71. The van der Waals surface area contributed by atoms with Crippen LogP contribution in [0.2, 0.25) is 5.02 Å². The van der Waals surface area contributed by atoms with Gasteiger partial charge < -0.3 is 10.4 Å². The van der Waals surface area contributed by atoms with Gasteiger partial charge in [0, 0.05) is 0 Å². The Kier molecular flexibility index (Phi) is 4.41. The number of hydrogen-bond acceptors (Lipinski definition) is 4. The molecular weight excluding hydrogens is 332 g/mol. The van der Waals surface area contributed by atoms with Crippen molar-refractivity contribution in [3.05, 3.63) is 63.5 Å². The maximum absolute atomic E-state index is 12.0. The predicted octanol–water partition coefficient (Wildman–Crippen LogP) is 4.25. The molecule has 6 heteroatoms. The highest BCUT2D eigenvalue weighted by molar-refractivity contribution is 8.18. The number of rotatable bonds is 2. The van der Waals surface area contributed by atoms with Crippen LogP contribution in [0.5, 0.6) is 5.75 Å². The van der Waals surface area contributed by atoms with Gasteiger partial charge in [-0.2, -0.15) is 0 Å². The van der Waals surface area contributed by atoms with E-state index in [2.05, 4.69) is 10.3 Å². The van der Waals surface area contributed by atoms with Crippen LogP contribution in [0.15, 0.2) is 52.4 Å². The van der Waals surface area contributed by atoms with Crippen LogP contribution in [0.4, 0.5) is 5.69 Å². The molecule has 0 radical (unpaired) electrons. The number of aryl methyl sites for hydroxylation is 1. The molecule has 1 amide bonds. The van der Waals surface area contributed by atoms with E-state index < -0.39 is 0 Å². The lowest BCUT2D eigenvalue weighted by Crippen LogP contribution is -2.19. The summed E-state index contributed by atoms with van der Waals surface area (Å²) in [5.74, 6) is -0.190. The Bertz CT molecular complexity index is 846. The zero-order chi connectivity index (χ0) is 16.4. The van der Waals surface area contributed by atoms with Gasteiger partial charge in [-0.1, -0.05) is 29.8 Å². The summed E-state index contributed by atoms with van der Waals surface area (Å²) in [6.45, 7) is 1.99. The van der Waals surface area contributed by atoms with Gasteiger partial charge in [0.1, 0.15) is 5.75 Å². The second-order valence-corrected chi connectivity index (χ2v) is 6.47. The number of nitrogens with one attached hydrogen (secondary N) is 1. The molecule has 0 bridgehead atoms. The minimum Gasteiger partial charge on any atom is -0.506 e. The fourth-order valence-corrected chi connectivity index (χ4v) is 3.09. The number of aromatic hydroxyl groups is 1. The van der Waals surface area contributed by atoms with Gasteiger partial charge in [0.2, 0.25) is 0 Å². The molecule has 23 heavy (non-hydrogen) atoms. The molecule has 3 rings (SSSR count). The van der Waals surface area contributed by atoms with E-state index in [4.69, 9.17) is 11.6 Å². The predicted molar refractivity (Wildman–Crippen MR) is 95.1 cm³/mol. The lowest BCUT2D eigenvalue weighted by molar-refractivity contribution is -0.115. The Balaban J connectivity index is 1.84. The van der Waals surface area contributed by atoms with Gasteiger partial charge in [-0.25, -0.2) is 4.99 Å². The molecule has 0 aliphatic carbocycles. The van der Waals surface area contributed by atoms with Gasteiger partial charge in [-0.3, -0.25) is 4.79 Å². The zero-order valence-electron chi connectivity index (χ0n) is 12.2. The van der Waals surface area contributed by atoms with Crippen molar-refractivity contribution in [3.8, 4) is 5.75 Å². The van der Waals surface area contributed by atoms with Crippen LogP contribution in [-0.4, -0.2) is 16.2 Å². The molecule has 1 aliphatic heterocycles. The molecule has 2 N–H and O–H groups in total. The maximum Gasteiger partial charge on any atom is 0.264 e. The molecule has 0 aromatic heterocycles. The first-order chi connectivity index (χ1) is 11.0. The SMILES string of the molecule is Cc1cccc(N=C2NC(=O)/C(=C/c3ccc(O)c(Cl)c3)S2)c1. The molecular formula is C17H13ClN2O2S. The molecule has 4 nitrogen and oxygen atoms in total. The lowest BCUT2D eigenvalue weighted by atomic mass is 10.2. The van der Waals surface area contributed by atoms with E-state index >= 15 is 0 Å². The molecule has 116 valence electrons. The first kappa shape index (κ1) is 15.6. The van der Waals surface area contributed by atoms with E-state index in [1.165, 1.54) is 17.8 Å². The molecule has 2 aromatic carbocycles. The molecule has 1 aliphatic rings. The number of phenolic OH excluding ortho intramolecular Hbond substituents is 1. The highest BCUT2D eigenvalue weighted by Gasteiger charge is 2.23. The second kappa shape index (κ2) is 6.48. The van der Waals surface area contributed by atoms with Crippen molar-refractivity contribution in [2.45, 2.75) is 6.92 Å². The van der Waals surface area contributed by atoms with Gasteiger partial charge in [-0.15, -0.1) is 0 Å². The van der Waals surface area contributed by atoms with E-state index in [-0.39, 0.29) is 16.7 Å². The minimum atomic E-state index is -0.203. The van der Waals surface area contributed by atoms with E-state index in [9.17, 15) is 9.90 Å². The average molecular weight is 345 g/mol. The Morgan fingerprint density at radius 1 is 1.26 bits per heavy atom. The second-order valence-electron chi connectivity index (χ2n) is 5.03. The van der Waals surface area contributed by atoms with Gasteiger partial charge in [0.25, 0.3) is 5.91 Å². The standard InChI is InChI=1S/C17H13ClN2O2S/c1-10-3-2-4-12(7-10)19-17-20-16(22)15(23-17)9-11-5-6-14(21)13(18)8-11/h2-9,21H,1H3,(H,19,20,22)/b15-9-. The van der Waals surface area contributed by atoms with E-state index in [1.54, 1.807) is 18.2 Å². The number of amides is 1. The third kappa shape index (κ3) is 3.75. The Morgan fingerprint density at radius 2 is 2.09 bits per heavy atom. The number of aliphatic imine (C=N–C) groups is 1. The third-order valence-electron chi connectivity index (χ3n) is 3.15. The Labute approximate surface area is 142 Å². The molecule has 0 spiro atoms. The quantitative estimate of drug-likeness (QED) is 0.801. The number of carbonyl (C=O) groups is 1. The van der Waals surface area contributed by atoms with Gasteiger partial charge in [0.05, 0.1) is 15.6 Å². The van der Waals surface area contributed by atoms with Crippen LogP contribution in [0, 0.1) is 6.92 Å². The summed E-state index contributed by atoms with van der Waals surface area (Å²) < 4.78 is 0. The summed E-state index contributed by atoms with van der Waals surface area (Å²) in [6, 6.07) is 12.5. The molecule has 0 atom stereocenters. The van der Waals surface area contributed by atoms with Gasteiger partial charge in [0.15, 0.2) is 5.17 Å². The average Bonchev–Trinajstić information content (AvgIpc) is 2.83. The smallest absolute Gasteiger partial charge is 0.264 e. The molecule has 0 saturated carbocycles. The number of carbonyl (C=O) groups excluding carboxylic acids is 1. The fourth-order valence-electron chi connectivity index (χ4n) is 2.06. The summed E-state index contributed by atoms with van der Waals surface area (Å²) >= 11 is 7.15. The molecule has 1 saturated heterocycles. The van der Waals surface area contributed by atoms with Crippen LogP contribution in [-0.2, 0) is 4.79 Å². The van der Waals surface area contributed by atoms with E-state index in [0.717, 1.165) is 16.8 Å². The third-order valence-corrected chi connectivity index (χ3v) is 4.37. The van der Waals surface area contributed by atoms with Crippen molar-refractivity contribution in [3.63, 3.8) is 0 Å². The van der Waals surface area contributed by atoms with Crippen LogP contribution in [0.3, 0.4) is 0 Å². The van der Waals surface area contributed by atoms with E-state index in [1.807, 2.05) is 31.2 Å². The minimum absolute atomic E-state index is 0.0130. The summed E-state index contributed by atoms with van der Waals surface area (Å²) in [5.41, 5.74) is 2.64. The Hall–Kier alpha value is -2.24. The maximum atomic E-state index is 12.0. The van der Waals surface area contributed by atoms with Crippen molar-refractivity contribution >= 4 is 46.2 Å².